The summed E-state index contributed by atoms with van der Waals surface area (Å²) < 4.78 is 30.8. The largest absolute Gasteiger partial charge is 0.350 e. The van der Waals surface area contributed by atoms with Crippen LogP contribution in [0.3, 0.4) is 0 Å². The second kappa shape index (κ2) is 12.1. The number of halogens is 2. The van der Waals surface area contributed by atoms with E-state index in [0.29, 0.717) is 53.5 Å². The van der Waals surface area contributed by atoms with Gasteiger partial charge in [-0.25, -0.2) is 23.5 Å². The standard InChI is InChI=1S/C26H28F2N8O2/c1-2-16-5-8-19(22(28)21(16)27)20-15-34-24-23(30-13-14-36(20)24)35-18-6-3-17(4-7-18)25(37)31-11-12-33-26(38)32-10-9-29/h3-8,13-15H,2,9-12,29H2,1H3,(H,30,35)(H,31,37)(H2,32,33,38). The lowest BCUT2D eigenvalue weighted by Crippen LogP contribution is -2.41. The minimum atomic E-state index is -0.919. The van der Waals surface area contributed by atoms with Gasteiger partial charge in [0.2, 0.25) is 0 Å². The van der Waals surface area contributed by atoms with Gasteiger partial charge in [0.15, 0.2) is 23.1 Å². The molecular weight excluding hydrogens is 494 g/mol. The molecule has 6 N–H and O–H groups in total. The van der Waals surface area contributed by atoms with Crippen LogP contribution >= 0.6 is 0 Å². The van der Waals surface area contributed by atoms with E-state index in [0.717, 1.165) is 0 Å². The van der Waals surface area contributed by atoms with Gasteiger partial charge in [-0.3, -0.25) is 9.20 Å². The third-order valence-corrected chi connectivity index (χ3v) is 5.78. The fourth-order valence-corrected chi connectivity index (χ4v) is 3.81. The van der Waals surface area contributed by atoms with E-state index in [1.807, 2.05) is 0 Å². The van der Waals surface area contributed by atoms with Crippen LogP contribution in [0.1, 0.15) is 22.8 Å². The maximum atomic E-state index is 14.8. The van der Waals surface area contributed by atoms with Crippen molar-refractivity contribution in [2.75, 3.05) is 31.5 Å². The number of aromatic nitrogens is 3. The van der Waals surface area contributed by atoms with Gasteiger partial charge in [0.05, 0.1) is 11.9 Å². The average molecular weight is 523 g/mol. The maximum Gasteiger partial charge on any atom is 0.314 e. The summed E-state index contributed by atoms with van der Waals surface area (Å²) >= 11 is 0. The molecular formula is C26H28F2N8O2. The number of aryl methyl sites for hydroxylation is 1. The Morgan fingerprint density at radius 3 is 2.42 bits per heavy atom. The number of amides is 3. The third kappa shape index (κ3) is 5.86. The number of anilines is 2. The van der Waals surface area contributed by atoms with Crippen molar-refractivity contribution >= 4 is 29.1 Å². The molecule has 0 aliphatic carbocycles. The van der Waals surface area contributed by atoms with Gasteiger partial charge < -0.3 is 27.0 Å². The predicted molar refractivity (Wildman–Crippen MR) is 140 cm³/mol. The molecule has 0 radical (unpaired) electrons. The van der Waals surface area contributed by atoms with Crippen LogP contribution in [0.25, 0.3) is 16.9 Å². The monoisotopic (exact) mass is 522 g/mol. The van der Waals surface area contributed by atoms with Gasteiger partial charge in [0.1, 0.15) is 0 Å². The molecule has 0 atom stereocenters. The van der Waals surface area contributed by atoms with E-state index in [9.17, 15) is 18.4 Å². The molecule has 38 heavy (non-hydrogen) atoms. The van der Waals surface area contributed by atoms with E-state index in [-0.39, 0.29) is 30.6 Å². The number of imidazole rings is 1. The highest BCUT2D eigenvalue weighted by Gasteiger charge is 2.18. The fourth-order valence-electron chi connectivity index (χ4n) is 3.81. The molecule has 0 spiro atoms. The van der Waals surface area contributed by atoms with Crippen molar-refractivity contribution < 1.29 is 18.4 Å². The minimum absolute atomic E-state index is 0.103. The molecule has 2 aromatic heterocycles. The van der Waals surface area contributed by atoms with E-state index in [1.54, 1.807) is 53.9 Å². The van der Waals surface area contributed by atoms with Gasteiger partial charge in [-0.15, -0.1) is 0 Å². The molecule has 198 valence electrons. The molecule has 0 aliphatic rings. The fraction of sp³-hybridized carbons (Fsp3) is 0.231. The molecule has 0 fully saturated rings. The molecule has 0 saturated heterocycles. The molecule has 4 rings (SSSR count). The molecule has 2 heterocycles. The Balaban J connectivity index is 1.42. The Morgan fingerprint density at radius 1 is 0.947 bits per heavy atom. The first-order valence-corrected chi connectivity index (χ1v) is 12.1. The van der Waals surface area contributed by atoms with Crippen molar-refractivity contribution in [2.24, 2.45) is 5.73 Å². The molecule has 4 aromatic rings. The molecule has 0 saturated carbocycles. The van der Waals surface area contributed by atoms with E-state index in [4.69, 9.17) is 5.73 Å². The Bertz CT molecular complexity index is 1440. The number of nitrogens with zero attached hydrogens (tertiary/aromatic N) is 3. The molecule has 3 amide bonds. The van der Waals surface area contributed by atoms with Gasteiger partial charge in [-0.05, 0) is 42.3 Å². The predicted octanol–water partition coefficient (Wildman–Crippen LogP) is 2.97. The summed E-state index contributed by atoms with van der Waals surface area (Å²) in [5.74, 6) is -1.67. The zero-order chi connectivity index (χ0) is 27.1. The lowest BCUT2D eigenvalue weighted by atomic mass is 10.1. The Labute approximate surface area is 217 Å². The number of fused-ring (bicyclic) bond motifs is 1. The second-order valence-electron chi connectivity index (χ2n) is 8.30. The number of urea groups is 1. The smallest absolute Gasteiger partial charge is 0.314 e. The van der Waals surface area contributed by atoms with Crippen molar-refractivity contribution in [1.82, 2.24) is 30.3 Å². The van der Waals surface area contributed by atoms with Crippen LogP contribution in [0.15, 0.2) is 55.0 Å². The van der Waals surface area contributed by atoms with Crippen LogP contribution in [0.2, 0.25) is 0 Å². The van der Waals surface area contributed by atoms with Crippen molar-refractivity contribution in [3.05, 3.63) is 77.8 Å². The molecule has 10 nitrogen and oxygen atoms in total. The van der Waals surface area contributed by atoms with E-state index in [2.05, 4.69) is 31.2 Å². The van der Waals surface area contributed by atoms with Crippen LogP contribution in [-0.2, 0) is 6.42 Å². The van der Waals surface area contributed by atoms with Crippen LogP contribution in [0.4, 0.5) is 25.1 Å². The summed E-state index contributed by atoms with van der Waals surface area (Å²) in [6.07, 6.45) is 5.01. The molecule has 12 heteroatoms. The first-order chi connectivity index (χ1) is 18.4. The highest BCUT2D eigenvalue weighted by Crippen LogP contribution is 2.29. The van der Waals surface area contributed by atoms with Crippen molar-refractivity contribution in [2.45, 2.75) is 13.3 Å². The number of hydrogen-bond donors (Lipinski definition) is 5. The number of nitrogens with two attached hydrogens (primary N) is 1. The van der Waals surface area contributed by atoms with Crippen molar-refractivity contribution in [3.8, 4) is 11.3 Å². The highest BCUT2D eigenvalue weighted by atomic mass is 19.2. The molecule has 0 bridgehead atoms. The first-order valence-electron chi connectivity index (χ1n) is 12.1. The summed E-state index contributed by atoms with van der Waals surface area (Å²) in [7, 11) is 0. The number of nitrogens with one attached hydrogen (secondary N) is 4. The number of carbonyl (C=O) groups excluding carboxylic acids is 2. The number of rotatable bonds is 10. The lowest BCUT2D eigenvalue weighted by molar-refractivity contribution is 0.0954. The number of carbonyl (C=O) groups is 2. The number of benzene rings is 2. The Hall–Kier alpha value is -4.58. The minimum Gasteiger partial charge on any atom is -0.350 e. The van der Waals surface area contributed by atoms with Crippen molar-refractivity contribution in [3.63, 3.8) is 0 Å². The summed E-state index contributed by atoms with van der Waals surface area (Å²) in [6, 6.07) is 9.47. The second-order valence-corrected chi connectivity index (χ2v) is 8.30. The van der Waals surface area contributed by atoms with Gasteiger partial charge in [-0.1, -0.05) is 13.0 Å². The van der Waals surface area contributed by atoms with Gasteiger partial charge in [-0.2, -0.15) is 0 Å². The lowest BCUT2D eigenvalue weighted by Gasteiger charge is -2.10. The number of hydrogen-bond acceptors (Lipinski definition) is 6. The average Bonchev–Trinajstić information content (AvgIpc) is 3.36. The topological polar surface area (TPSA) is 138 Å². The van der Waals surface area contributed by atoms with Crippen molar-refractivity contribution in [1.29, 1.82) is 0 Å². The zero-order valence-electron chi connectivity index (χ0n) is 20.7. The Kier molecular flexibility index (Phi) is 8.44. The van der Waals surface area contributed by atoms with Gasteiger partial charge >= 0.3 is 6.03 Å². The maximum absolute atomic E-state index is 14.8. The molecule has 0 unspecified atom stereocenters. The summed E-state index contributed by atoms with van der Waals surface area (Å²) in [5.41, 5.74) is 7.63. The summed E-state index contributed by atoms with van der Waals surface area (Å²) in [6.45, 7) is 3.01. The molecule has 2 aromatic carbocycles. The highest BCUT2D eigenvalue weighted by molar-refractivity contribution is 5.94. The SMILES string of the molecule is CCc1ccc(-c2cnc3c(Nc4ccc(C(=O)NCCNC(=O)NCCN)cc4)nccn23)c(F)c1F. The zero-order valence-corrected chi connectivity index (χ0v) is 20.7. The molecule has 0 aliphatic heterocycles. The van der Waals surface area contributed by atoms with Crippen LogP contribution in [0.5, 0.6) is 0 Å². The van der Waals surface area contributed by atoms with Crippen LogP contribution < -0.4 is 27.0 Å². The van der Waals surface area contributed by atoms with Crippen LogP contribution in [0, 0.1) is 11.6 Å². The summed E-state index contributed by atoms with van der Waals surface area (Å²) in [5, 5.41) is 11.1. The first kappa shape index (κ1) is 26.5. The van der Waals surface area contributed by atoms with Crippen LogP contribution in [-0.4, -0.2) is 52.5 Å². The summed E-state index contributed by atoms with van der Waals surface area (Å²) in [4.78, 5) is 32.5. The third-order valence-electron chi connectivity index (χ3n) is 5.78. The Morgan fingerprint density at radius 2 is 1.68 bits per heavy atom. The normalized spacial score (nSPS) is 10.8. The quantitative estimate of drug-likeness (QED) is 0.203. The van der Waals surface area contributed by atoms with E-state index in [1.165, 1.54) is 12.4 Å². The van der Waals surface area contributed by atoms with E-state index >= 15 is 0 Å². The van der Waals surface area contributed by atoms with Gasteiger partial charge in [0.25, 0.3) is 5.91 Å². The van der Waals surface area contributed by atoms with Gasteiger partial charge in [0, 0.05) is 55.4 Å². The van der Waals surface area contributed by atoms with E-state index < -0.39 is 11.6 Å².